The average Bonchev–Trinajstić information content (AvgIpc) is 2.64. The minimum Gasteiger partial charge on any atom is -0.391 e. The zero-order valence-corrected chi connectivity index (χ0v) is 12.2. The number of rotatable bonds is 3. The second-order valence-electron chi connectivity index (χ2n) is 5.23. The van der Waals surface area contributed by atoms with E-state index in [-0.39, 0.29) is 11.9 Å². The van der Waals surface area contributed by atoms with Crippen LogP contribution in [0.25, 0.3) is 0 Å². The summed E-state index contributed by atoms with van der Waals surface area (Å²) >= 11 is 4.88. The van der Waals surface area contributed by atoms with E-state index in [0.29, 0.717) is 10.6 Å². The molecule has 1 aromatic rings. The Morgan fingerprint density at radius 1 is 1.15 bits per heavy atom. The molecule has 0 heterocycles. The van der Waals surface area contributed by atoms with Crippen LogP contribution in [0.3, 0.4) is 0 Å². The van der Waals surface area contributed by atoms with Crippen LogP contribution in [0, 0.1) is 0 Å². The summed E-state index contributed by atoms with van der Waals surface area (Å²) in [4.78, 5) is 12.5. The Kier molecular flexibility index (Phi) is 5.09. The maximum atomic E-state index is 12.2. The van der Waals surface area contributed by atoms with Crippen LogP contribution in [0.1, 0.15) is 48.0 Å². The Labute approximate surface area is 124 Å². The number of thiocarbonyl (C=S) groups is 1. The highest BCUT2D eigenvalue weighted by Crippen LogP contribution is 2.18. The van der Waals surface area contributed by atoms with Crippen molar-refractivity contribution in [2.75, 3.05) is 0 Å². The Hall–Kier alpha value is -1.46. The number of carbonyl (C=O) groups is 1. The molecule has 0 radical (unpaired) electrons. The fourth-order valence-electron chi connectivity index (χ4n) is 2.49. The molecule has 1 aliphatic carbocycles. The fraction of sp³-hybridized carbons (Fsp3) is 0.467. The molecule has 4 N–H and O–H groups in total. The van der Waals surface area contributed by atoms with Crippen LogP contribution in [0.4, 0.5) is 0 Å². The van der Waals surface area contributed by atoms with Crippen LogP contribution in [-0.2, 0) is 0 Å². The molecule has 0 aromatic heterocycles. The summed E-state index contributed by atoms with van der Waals surface area (Å²) in [7, 11) is 0. The van der Waals surface area contributed by atoms with E-state index >= 15 is 0 Å². The van der Waals surface area contributed by atoms with E-state index in [1.54, 1.807) is 24.3 Å². The van der Waals surface area contributed by atoms with Gasteiger partial charge in [0.1, 0.15) is 4.99 Å². The lowest BCUT2D eigenvalue weighted by molar-refractivity contribution is 0.0819. The quantitative estimate of drug-likeness (QED) is 0.586. The number of nitrogens with one attached hydrogen (secondary N) is 1. The molecule has 0 aliphatic heterocycles. The van der Waals surface area contributed by atoms with Crippen molar-refractivity contribution in [2.24, 2.45) is 5.73 Å². The topological polar surface area (TPSA) is 75.4 Å². The van der Waals surface area contributed by atoms with E-state index in [9.17, 15) is 9.90 Å². The molecule has 0 saturated heterocycles. The lowest BCUT2D eigenvalue weighted by Crippen LogP contribution is -2.42. The van der Waals surface area contributed by atoms with Gasteiger partial charge in [-0.2, -0.15) is 0 Å². The normalized spacial score (nSPS) is 22.9. The SMILES string of the molecule is NC(=S)c1ccc(C(=O)NC2CCCCCC2O)cc1. The summed E-state index contributed by atoms with van der Waals surface area (Å²) in [5.41, 5.74) is 6.82. The molecule has 4 nitrogen and oxygen atoms in total. The average molecular weight is 292 g/mol. The van der Waals surface area contributed by atoms with E-state index in [1.807, 2.05) is 0 Å². The van der Waals surface area contributed by atoms with Gasteiger partial charge < -0.3 is 16.2 Å². The monoisotopic (exact) mass is 292 g/mol. The van der Waals surface area contributed by atoms with Gasteiger partial charge in [-0.1, -0.05) is 43.6 Å². The molecule has 2 atom stereocenters. The van der Waals surface area contributed by atoms with Crippen molar-refractivity contribution in [3.63, 3.8) is 0 Å². The summed E-state index contributed by atoms with van der Waals surface area (Å²) in [6.45, 7) is 0. The number of carbonyl (C=O) groups excluding carboxylic acids is 1. The van der Waals surface area contributed by atoms with Crippen LogP contribution < -0.4 is 11.1 Å². The van der Waals surface area contributed by atoms with Crippen LogP contribution >= 0.6 is 12.2 Å². The largest absolute Gasteiger partial charge is 0.391 e. The summed E-state index contributed by atoms with van der Waals surface area (Å²) in [6.07, 6.45) is 4.32. The first-order valence-corrected chi connectivity index (χ1v) is 7.37. The Morgan fingerprint density at radius 2 is 1.75 bits per heavy atom. The summed E-state index contributed by atoms with van der Waals surface area (Å²) in [5.74, 6) is -0.162. The molecule has 2 rings (SSSR count). The molecule has 1 saturated carbocycles. The van der Waals surface area contributed by atoms with Crippen LogP contribution in [-0.4, -0.2) is 28.1 Å². The van der Waals surface area contributed by atoms with Crippen molar-refractivity contribution < 1.29 is 9.90 Å². The number of amides is 1. The maximum Gasteiger partial charge on any atom is 0.251 e. The minimum atomic E-state index is -0.447. The van der Waals surface area contributed by atoms with Gasteiger partial charge in [0.2, 0.25) is 0 Å². The third-order valence-corrected chi connectivity index (χ3v) is 3.96. The van der Waals surface area contributed by atoms with Crippen molar-refractivity contribution in [1.29, 1.82) is 0 Å². The van der Waals surface area contributed by atoms with E-state index in [0.717, 1.165) is 37.7 Å². The van der Waals surface area contributed by atoms with Gasteiger partial charge in [0, 0.05) is 11.1 Å². The van der Waals surface area contributed by atoms with Crippen molar-refractivity contribution in [3.05, 3.63) is 35.4 Å². The highest BCUT2D eigenvalue weighted by Gasteiger charge is 2.23. The van der Waals surface area contributed by atoms with Crippen LogP contribution in [0.2, 0.25) is 0 Å². The highest BCUT2D eigenvalue weighted by molar-refractivity contribution is 7.80. The third kappa shape index (κ3) is 3.77. The Bertz CT molecular complexity index is 487. The second kappa shape index (κ2) is 6.81. The zero-order chi connectivity index (χ0) is 14.5. The number of aliphatic hydroxyl groups excluding tert-OH is 1. The van der Waals surface area contributed by atoms with E-state index < -0.39 is 6.10 Å². The highest BCUT2D eigenvalue weighted by atomic mass is 32.1. The number of hydrogen-bond acceptors (Lipinski definition) is 3. The summed E-state index contributed by atoms with van der Waals surface area (Å²) < 4.78 is 0. The van der Waals surface area contributed by atoms with Gasteiger partial charge in [-0.25, -0.2) is 0 Å². The molecule has 0 bridgehead atoms. The van der Waals surface area contributed by atoms with Gasteiger partial charge in [0.25, 0.3) is 5.91 Å². The minimum absolute atomic E-state index is 0.153. The predicted octanol–water partition coefficient (Wildman–Crippen LogP) is 1.74. The summed E-state index contributed by atoms with van der Waals surface area (Å²) in [6, 6.07) is 6.72. The first kappa shape index (κ1) is 14.9. The molecule has 1 amide bonds. The van der Waals surface area contributed by atoms with Crippen LogP contribution in [0.15, 0.2) is 24.3 Å². The van der Waals surface area contributed by atoms with Gasteiger partial charge in [0.05, 0.1) is 12.1 Å². The number of aliphatic hydroxyl groups is 1. The molecule has 1 aromatic carbocycles. The molecule has 5 heteroatoms. The first-order valence-electron chi connectivity index (χ1n) is 6.96. The van der Waals surface area contributed by atoms with Crippen LogP contribution in [0.5, 0.6) is 0 Å². The lowest BCUT2D eigenvalue weighted by Gasteiger charge is -2.21. The van der Waals surface area contributed by atoms with Crippen molar-refractivity contribution in [1.82, 2.24) is 5.32 Å². The van der Waals surface area contributed by atoms with E-state index in [1.165, 1.54) is 0 Å². The number of nitrogens with two attached hydrogens (primary N) is 1. The molecular formula is C15H20N2O2S. The Morgan fingerprint density at radius 3 is 2.40 bits per heavy atom. The first-order chi connectivity index (χ1) is 9.58. The smallest absolute Gasteiger partial charge is 0.251 e. The Balaban J connectivity index is 2.01. The molecular weight excluding hydrogens is 272 g/mol. The number of benzene rings is 1. The standard InChI is InChI=1S/C15H20N2O2S/c16-14(20)10-6-8-11(9-7-10)15(19)17-12-4-2-1-3-5-13(12)18/h6-9,12-13,18H,1-5H2,(H2,16,20)(H,17,19). The molecule has 1 fully saturated rings. The predicted molar refractivity (Wildman–Crippen MR) is 82.7 cm³/mol. The van der Waals surface area contributed by atoms with Gasteiger partial charge in [-0.05, 0) is 25.0 Å². The molecule has 108 valence electrons. The van der Waals surface area contributed by atoms with Crippen molar-refractivity contribution in [3.8, 4) is 0 Å². The van der Waals surface area contributed by atoms with E-state index in [2.05, 4.69) is 5.32 Å². The third-order valence-electron chi connectivity index (χ3n) is 3.73. The van der Waals surface area contributed by atoms with Gasteiger partial charge in [0.15, 0.2) is 0 Å². The van der Waals surface area contributed by atoms with Gasteiger partial charge in [-0.3, -0.25) is 4.79 Å². The fourth-order valence-corrected chi connectivity index (χ4v) is 2.63. The summed E-state index contributed by atoms with van der Waals surface area (Å²) in [5, 5.41) is 12.9. The lowest BCUT2D eigenvalue weighted by atomic mass is 10.0. The van der Waals surface area contributed by atoms with Gasteiger partial charge in [-0.15, -0.1) is 0 Å². The molecule has 2 unspecified atom stereocenters. The van der Waals surface area contributed by atoms with Gasteiger partial charge >= 0.3 is 0 Å². The molecule has 0 spiro atoms. The van der Waals surface area contributed by atoms with Crippen molar-refractivity contribution in [2.45, 2.75) is 44.2 Å². The second-order valence-corrected chi connectivity index (χ2v) is 5.67. The molecule has 20 heavy (non-hydrogen) atoms. The van der Waals surface area contributed by atoms with E-state index in [4.69, 9.17) is 18.0 Å². The number of hydrogen-bond donors (Lipinski definition) is 3. The maximum absolute atomic E-state index is 12.2. The molecule has 1 aliphatic rings. The van der Waals surface area contributed by atoms with Crippen molar-refractivity contribution >= 4 is 23.1 Å². The zero-order valence-electron chi connectivity index (χ0n) is 11.3.